The molecule has 0 radical (unpaired) electrons. The quantitative estimate of drug-likeness (QED) is 0.922. The minimum Gasteiger partial charge on any atom is -0.325 e. The van der Waals surface area contributed by atoms with E-state index >= 15 is 0 Å². The third-order valence-corrected chi connectivity index (χ3v) is 3.39. The highest BCUT2D eigenvalue weighted by atomic mass is 16.2. The molecule has 0 aliphatic rings. The first kappa shape index (κ1) is 15.7. The minimum atomic E-state index is -0.0915. The average molecular weight is 293 g/mol. The van der Waals surface area contributed by atoms with Gasteiger partial charge in [0.05, 0.1) is 18.2 Å². The summed E-state index contributed by atoms with van der Waals surface area (Å²) >= 11 is 0. The molecule has 0 aliphatic carbocycles. The third-order valence-electron chi connectivity index (χ3n) is 3.39. The van der Waals surface area contributed by atoms with Gasteiger partial charge in [0.1, 0.15) is 0 Å². The average Bonchev–Trinajstić information content (AvgIpc) is 2.49. The molecule has 0 spiro atoms. The van der Waals surface area contributed by atoms with Crippen molar-refractivity contribution in [1.29, 1.82) is 5.26 Å². The van der Waals surface area contributed by atoms with Gasteiger partial charge in [-0.2, -0.15) is 5.26 Å². The second kappa shape index (κ2) is 7.39. The lowest BCUT2D eigenvalue weighted by Gasteiger charge is -2.17. The Morgan fingerprint density at radius 1 is 1.23 bits per heavy atom. The Balaban J connectivity index is 1.91. The van der Waals surface area contributed by atoms with Gasteiger partial charge < -0.3 is 5.32 Å². The highest BCUT2D eigenvalue weighted by Gasteiger charge is 2.09. The fourth-order valence-corrected chi connectivity index (χ4v) is 2.25. The van der Waals surface area contributed by atoms with E-state index in [1.807, 2.05) is 24.1 Å². The Kier molecular flexibility index (Phi) is 5.29. The monoisotopic (exact) mass is 293 g/mol. The van der Waals surface area contributed by atoms with Crippen LogP contribution in [0.3, 0.4) is 0 Å². The van der Waals surface area contributed by atoms with Crippen LogP contribution in [0.1, 0.15) is 16.7 Å². The number of aryl methyl sites for hydroxylation is 1. The Bertz CT molecular complexity index is 703. The van der Waals surface area contributed by atoms with Crippen molar-refractivity contribution in [2.24, 2.45) is 0 Å². The van der Waals surface area contributed by atoms with E-state index in [1.165, 1.54) is 11.1 Å². The summed E-state index contributed by atoms with van der Waals surface area (Å²) < 4.78 is 0. The van der Waals surface area contributed by atoms with Crippen molar-refractivity contribution in [1.82, 2.24) is 4.90 Å². The van der Waals surface area contributed by atoms with Gasteiger partial charge in [-0.15, -0.1) is 0 Å². The number of nitrogens with zero attached hydrogens (tertiary/aromatic N) is 2. The number of hydrogen-bond acceptors (Lipinski definition) is 3. The number of rotatable bonds is 5. The topological polar surface area (TPSA) is 56.1 Å². The lowest BCUT2D eigenvalue weighted by atomic mass is 10.1. The first-order valence-corrected chi connectivity index (χ1v) is 7.11. The molecule has 0 unspecified atom stereocenters. The number of anilines is 1. The van der Waals surface area contributed by atoms with E-state index in [-0.39, 0.29) is 5.91 Å². The molecule has 1 N–H and O–H groups in total. The van der Waals surface area contributed by atoms with Crippen LogP contribution in [0.2, 0.25) is 0 Å². The largest absolute Gasteiger partial charge is 0.325 e. The molecule has 2 aromatic carbocycles. The summed E-state index contributed by atoms with van der Waals surface area (Å²) in [5, 5.41) is 11.7. The molecule has 22 heavy (non-hydrogen) atoms. The van der Waals surface area contributed by atoms with Crippen LogP contribution in [0.25, 0.3) is 0 Å². The second-order valence-corrected chi connectivity index (χ2v) is 5.34. The summed E-state index contributed by atoms with van der Waals surface area (Å²) in [5.74, 6) is -0.0915. The molecule has 0 aliphatic heterocycles. The van der Waals surface area contributed by atoms with Crippen LogP contribution < -0.4 is 5.32 Å². The van der Waals surface area contributed by atoms with Gasteiger partial charge in [0.25, 0.3) is 0 Å². The number of amides is 1. The molecule has 112 valence electrons. The molecule has 0 fully saturated rings. The summed E-state index contributed by atoms with van der Waals surface area (Å²) in [5.41, 5.74) is 3.61. The maximum absolute atomic E-state index is 12.1. The molecular weight excluding hydrogens is 274 g/mol. The number of carbonyl (C=O) groups excluding carboxylic acids is 1. The fraction of sp³-hybridized carbons (Fsp3) is 0.222. The van der Waals surface area contributed by atoms with E-state index in [9.17, 15) is 4.79 Å². The van der Waals surface area contributed by atoms with E-state index in [0.29, 0.717) is 17.8 Å². The summed E-state index contributed by atoms with van der Waals surface area (Å²) in [7, 11) is 1.91. The molecule has 0 bridgehead atoms. The lowest BCUT2D eigenvalue weighted by Crippen LogP contribution is -2.30. The van der Waals surface area contributed by atoms with Crippen LogP contribution >= 0.6 is 0 Å². The fourth-order valence-electron chi connectivity index (χ4n) is 2.25. The third kappa shape index (κ3) is 4.44. The van der Waals surface area contributed by atoms with Gasteiger partial charge in [-0.05, 0) is 43.3 Å². The van der Waals surface area contributed by atoms with Crippen LogP contribution in [-0.4, -0.2) is 24.4 Å². The molecule has 2 aromatic rings. The van der Waals surface area contributed by atoms with Gasteiger partial charge in [-0.1, -0.05) is 30.3 Å². The first-order chi connectivity index (χ1) is 10.6. The summed E-state index contributed by atoms with van der Waals surface area (Å²) in [6.45, 7) is 3.08. The van der Waals surface area contributed by atoms with E-state index in [4.69, 9.17) is 5.26 Å². The van der Waals surface area contributed by atoms with Crippen molar-refractivity contribution in [3.05, 3.63) is 65.2 Å². The maximum atomic E-state index is 12.1. The van der Waals surface area contributed by atoms with Crippen molar-refractivity contribution >= 4 is 11.6 Å². The predicted molar refractivity (Wildman–Crippen MR) is 87.3 cm³/mol. The zero-order chi connectivity index (χ0) is 15.9. The predicted octanol–water partition coefficient (Wildman–Crippen LogP) is 2.94. The van der Waals surface area contributed by atoms with Crippen molar-refractivity contribution in [3.63, 3.8) is 0 Å². The van der Waals surface area contributed by atoms with Crippen molar-refractivity contribution in [2.75, 3.05) is 18.9 Å². The smallest absolute Gasteiger partial charge is 0.238 e. The van der Waals surface area contributed by atoms with Crippen LogP contribution in [-0.2, 0) is 11.3 Å². The zero-order valence-corrected chi connectivity index (χ0v) is 12.8. The number of nitrogens with one attached hydrogen (secondary N) is 1. The second-order valence-electron chi connectivity index (χ2n) is 5.34. The summed E-state index contributed by atoms with van der Waals surface area (Å²) in [6.07, 6.45) is 0. The highest BCUT2D eigenvalue weighted by molar-refractivity contribution is 5.92. The van der Waals surface area contributed by atoms with Crippen molar-refractivity contribution in [3.8, 4) is 6.07 Å². The molecule has 4 heteroatoms. The lowest BCUT2D eigenvalue weighted by molar-refractivity contribution is -0.117. The molecule has 0 saturated carbocycles. The zero-order valence-electron chi connectivity index (χ0n) is 12.8. The molecule has 0 heterocycles. The van der Waals surface area contributed by atoms with Gasteiger partial charge in [-0.3, -0.25) is 9.69 Å². The van der Waals surface area contributed by atoms with Crippen molar-refractivity contribution < 1.29 is 4.79 Å². The molecule has 4 nitrogen and oxygen atoms in total. The molecule has 2 rings (SSSR count). The SMILES string of the molecule is Cc1ccccc1CN(C)CC(=O)Nc1cccc(C#N)c1. The molecule has 0 saturated heterocycles. The Morgan fingerprint density at radius 3 is 2.73 bits per heavy atom. The van der Waals surface area contributed by atoms with Crippen LogP contribution in [0.5, 0.6) is 0 Å². The molecule has 0 aromatic heterocycles. The van der Waals surface area contributed by atoms with Crippen LogP contribution in [0, 0.1) is 18.3 Å². The van der Waals surface area contributed by atoms with Gasteiger partial charge >= 0.3 is 0 Å². The molecular formula is C18H19N3O. The maximum Gasteiger partial charge on any atom is 0.238 e. The minimum absolute atomic E-state index is 0.0915. The standard InChI is InChI=1S/C18H19N3O/c1-14-6-3-4-8-16(14)12-21(2)13-18(22)20-17-9-5-7-15(10-17)11-19/h3-10H,12-13H2,1-2H3,(H,20,22). The Labute approximate surface area is 131 Å². The first-order valence-electron chi connectivity index (χ1n) is 7.11. The van der Waals surface area contributed by atoms with E-state index in [2.05, 4.69) is 30.4 Å². The number of hydrogen-bond donors (Lipinski definition) is 1. The van der Waals surface area contributed by atoms with Crippen molar-refractivity contribution in [2.45, 2.75) is 13.5 Å². The van der Waals surface area contributed by atoms with Gasteiger partial charge in [0.15, 0.2) is 0 Å². The molecule has 0 atom stereocenters. The van der Waals surface area contributed by atoms with Gasteiger partial charge in [0, 0.05) is 12.2 Å². The number of carbonyl (C=O) groups is 1. The number of nitriles is 1. The number of benzene rings is 2. The summed E-state index contributed by atoms with van der Waals surface area (Å²) in [4.78, 5) is 14.0. The van der Waals surface area contributed by atoms with E-state index < -0.39 is 0 Å². The van der Waals surface area contributed by atoms with Gasteiger partial charge in [0.2, 0.25) is 5.91 Å². The normalized spacial score (nSPS) is 10.3. The number of likely N-dealkylation sites (N-methyl/N-ethyl adjacent to an activating group) is 1. The summed E-state index contributed by atoms with van der Waals surface area (Å²) in [6, 6.07) is 17.1. The van der Waals surface area contributed by atoms with E-state index in [0.717, 1.165) is 6.54 Å². The Morgan fingerprint density at radius 2 is 2.00 bits per heavy atom. The van der Waals surface area contributed by atoms with E-state index in [1.54, 1.807) is 24.3 Å². The van der Waals surface area contributed by atoms with Crippen LogP contribution in [0.4, 0.5) is 5.69 Å². The highest BCUT2D eigenvalue weighted by Crippen LogP contribution is 2.11. The Hall–Kier alpha value is -2.64. The molecule has 1 amide bonds. The van der Waals surface area contributed by atoms with Gasteiger partial charge in [-0.25, -0.2) is 0 Å². The van der Waals surface area contributed by atoms with Crippen LogP contribution in [0.15, 0.2) is 48.5 Å².